The summed E-state index contributed by atoms with van der Waals surface area (Å²) >= 11 is 3.59. The van der Waals surface area contributed by atoms with E-state index in [0.29, 0.717) is 45.0 Å². The van der Waals surface area contributed by atoms with Gasteiger partial charge < -0.3 is 9.80 Å². The first-order valence-electron chi connectivity index (χ1n) is 13.9. The molecule has 10 heteroatoms. The van der Waals surface area contributed by atoms with Crippen LogP contribution in [0.15, 0.2) is 77.3 Å². The number of alkyl halides is 3. The quantitative estimate of drug-likeness (QED) is 0.259. The maximum absolute atomic E-state index is 13.6. The Hall–Kier alpha value is -3.37. The summed E-state index contributed by atoms with van der Waals surface area (Å²) in [4.78, 5) is 24.7. The van der Waals surface area contributed by atoms with Crippen molar-refractivity contribution < 1.29 is 18.0 Å². The Balaban J connectivity index is 1.12. The van der Waals surface area contributed by atoms with E-state index in [-0.39, 0.29) is 11.8 Å². The van der Waals surface area contributed by atoms with Gasteiger partial charge in [0.2, 0.25) is 5.91 Å². The predicted molar refractivity (Wildman–Crippen MR) is 157 cm³/mol. The zero-order chi connectivity index (χ0) is 28.6. The summed E-state index contributed by atoms with van der Waals surface area (Å²) in [6.07, 6.45) is -2.61. The average molecular weight is 627 g/mol. The molecule has 0 bridgehead atoms. The molecule has 0 radical (unpaired) electrons. The number of nitrogens with zero attached hydrogens (tertiary/aromatic N) is 5. The molecule has 0 N–H and O–H groups in total. The van der Waals surface area contributed by atoms with Gasteiger partial charge in [0.1, 0.15) is 5.82 Å². The molecule has 41 heavy (non-hydrogen) atoms. The third kappa shape index (κ3) is 5.99. The number of fused-ring (bicyclic) bond motifs is 1. The zero-order valence-corrected chi connectivity index (χ0v) is 24.1. The largest absolute Gasteiger partial charge is 0.416 e. The Morgan fingerprint density at radius 2 is 1.66 bits per heavy atom. The maximum Gasteiger partial charge on any atom is 0.416 e. The maximum atomic E-state index is 13.6. The van der Waals surface area contributed by atoms with E-state index in [4.69, 9.17) is 4.98 Å². The van der Waals surface area contributed by atoms with E-state index in [9.17, 15) is 18.0 Å². The van der Waals surface area contributed by atoms with Crippen molar-refractivity contribution >= 4 is 38.6 Å². The average Bonchev–Trinajstić information content (AvgIpc) is 3.34. The molecule has 6 rings (SSSR count). The van der Waals surface area contributed by atoms with Crippen LogP contribution in [0.25, 0.3) is 16.7 Å². The number of piperidine rings is 1. The van der Waals surface area contributed by atoms with E-state index in [2.05, 4.69) is 43.6 Å². The minimum atomic E-state index is -4.37. The summed E-state index contributed by atoms with van der Waals surface area (Å²) in [6.45, 7) is 4.23. The van der Waals surface area contributed by atoms with E-state index in [0.717, 1.165) is 52.5 Å². The summed E-state index contributed by atoms with van der Waals surface area (Å²) in [5.41, 5.74) is 2.91. The van der Waals surface area contributed by atoms with Crippen molar-refractivity contribution in [2.45, 2.75) is 25.6 Å². The monoisotopic (exact) mass is 625 g/mol. The van der Waals surface area contributed by atoms with Gasteiger partial charge in [0, 0.05) is 48.6 Å². The molecule has 0 spiro atoms. The number of imidazole rings is 1. The SMILES string of the molecule is O=C([C@@H]1CCCN(Cc2nc3ccccc3n2-c2cccc(Br)c2)C1)N1CCN(c2cccc(C(F)(F)F)c2)CC1. The Labute approximate surface area is 245 Å². The molecule has 0 saturated carbocycles. The van der Waals surface area contributed by atoms with E-state index < -0.39 is 11.7 Å². The van der Waals surface area contributed by atoms with Gasteiger partial charge in [-0.2, -0.15) is 13.2 Å². The molecule has 3 heterocycles. The first-order valence-corrected chi connectivity index (χ1v) is 14.7. The minimum absolute atomic E-state index is 0.104. The highest BCUT2D eigenvalue weighted by Crippen LogP contribution is 2.32. The molecule has 2 aliphatic heterocycles. The Morgan fingerprint density at radius 3 is 2.44 bits per heavy atom. The molecular weight excluding hydrogens is 595 g/mol. The number of amides is 1. The Kier molecular flexibility index (Phi) is 7.78. The van der Waals surface area contributed by atoms with Gasteiger partial charge in [-0.15, -0.1) is 0 Å². The van der Waals surface area contributed by atoms with Gasteiger partial charge in [-0.25, -0.2) is 4.98 Å². The summed E-state index contributed by atoms with van der Waals surface area (Å²) in [5, 5.41) is 0. The number of aromatic nitrogens is 2. The first-order chi connectivity index (χ1) is 19.8. The number of hydrogen-bond donors (Lipinski definition) is 0. The van der Waals surface area contributed by atoms with Gasteiger partial charge in [-0.05, 0) is 67.9 Å². The molecule has 2 saturated heterocycles. The van der Waals surface area contributed by atoms with E-state index in [1.54, 1.807) is 6.07 Å². The van der Waals surface area contributed by atoms with E-state index in [1.807, 2.05) is 40.1 Å². The van der Waals surface area contributed by atoms with Crippen LogP contribution in [0.2, 0.25) is 0 Å². The molecule has 1 amide bonds. The number of likely N-dealkylation sites (tertiary alicyclic amines) is 1. The number of piperazine rings is 1. The van der Waals surface area contributed by atoms with Crippen LogP contribution >= 0.6 is 15.9 Å². The second-order valence-corrected chi connectivity index (χ2v) is 11.7. The van der Waals surface area contributed by atoms with Crippen LogP contribution in [0.1, 0.15) is 24.2 Å². The number of anilines is 1. The molecule has 1 aromatic heterocycles. The lowest BCUT2D eigenvalue weighted by atomic mass is 9.96. The first kappa shape index (κ1) is 27.8. The van der Waals surface area contributed by atoms with Crippen LogP contribution in [-0.2, 0) is 17.5 Å². The Morgan fingerprint density at radius 1 is 0.902 bits per heavy atom. The fourth-order valence-corrected chi connectivity index (χ4v) is 6.40. The third-order valence-electron chi connectivity index (χ3n) is 8.05. The summed E-state index contributed by atoms with van der Waals surface area (Å²) in [5.74, 6) is 0.971. The van der Waals surface area contributed by atoms with Crippen molar-refractivity contribution in [1.82, 2.24) is 19.4 Å². The standard InChI is InChI=1S/C31H31BrF3N5O/c32-24-8-4-10-26(19-24)40-28-12-2-1-11-27(28)36-29(40)21-37-13-5-6-22(20-37)30(41)39-16-14-38(15-17-39)25-9-3-7-23(18-25)31(33,34)35/h1-4,7-12,18-19,22H,5-6,13-17,20-21H2/t22-/m1/s1. The lowest BCUT2D eigenvalue weighted by Gasteiger charge is -2.39. The zero-order valence-electron chi connectivity index (χ0n) is 22.5. The van der Waals surface area contributed by atoms with Crippen molar-refractivity contribution in [2.24, 2.45) is 5.92 Å². The number of rotatable bonds is 5. The van der Waals surface area contributed by atoms with Crippen LogP contribution in [0.4, 0.5) is 18.9 Å². The van der Waals surface area contributed by atoms with Crippen molar-refractivity contribution in [1.29, 1.82) is 0 Å². The van der Waals surface area contributed by atoms with E-state index in [1.165, 1.54) is 12.1 Å². The number of para-hydroxylation sites is 2. The fraction of sp³-hybridized carbons (Fsp3) is 0.355. The highest BCUT2D eigenvalue weighted by Gasteiger charge is 2.33. The van der Waals surface area contributed by atoms with Gasteiger partial charge in [0.25, 0.3) is 0 Å². The molecule has 0 aliphatic carbocycles. The molecule has 0 unspecified atom stereocenters. The molecular formula is C31H31BrF3N5O. The number of benzene rings is 3. The molecule has 3 aromatic carbocycles. The predicted octanol–water partition coefficient (Wildman–Crippen LogP) is 6.37. The summed E-state index contributed by atoms with van der Waals surface area (Å²) in [6, 6.07) is 21.7. The van der Waals surface area contributed by atoms with Crippen LogP contribution in [-0.4, -0.2) is 64.5 Å². The molecule has 6 nitrogen and oxygen atoms in total. The number of carbonyl (C=O) groups is 1. The lowest BCUT2D eigenvalue weighted by molar-refractivity contribution is -0.138. The molecule has 2 aliphatic rings. The van der Waals surface area contributed by atoms with Crippen molar-refractivity contribution in [3.8, 4) is 5.69 Å². The lowest BCUT2D eigenvalue weighted by Crippen LogP contribution is -2.52. The summed E-state index contributed by atoms with van der Waals surface area (Å²) in [7, 11) is 0. The smallest absolute Gasteiger partial charge is 0.368 e. The Bertz CT molecular complexity index is 1550. The second-order valence-electron chi connectivity index (χ2n) is 10.8. The van der Waals surface area contributed by atoms with Gasteiger partial charge in [0.15, 0.2) is 0 Å². The normalized spacial score (nSPS) is 18.7. The van der Waals surface area contributed by atoms with Crippen LogP contribution < -0.4 is 4.90 Å². The molecule has 214 valence electrons. The molecule has 2 fully saturated rings. The number of carbonyl (C=O) groups excluding carboxylic acids is 1. The van der Waals surface area contributed by atoms with Gasteiger partial charge >= 0.3 is 6.18 Å². The van der Waals surface area contributed by atoms with Crippen molar-refractivity contribution in [3.63, 3.8) is 0 Å². The van der Waals surface area contributed by atoms with Gasteiger partial charge in [-0.1, -0.05) is 40.2 Å². The fourth-order valence-electron chi connectivity index (χ4n) is 6.01. The van der Waals surface area contributed by atoms with Gasteiger partial charge in [0.05, 0.1) is 29.1 Å². The minimum Gasteiger partial charge on any atom is -0.368 e. The molecule has 1 atom stereocenters. The highest BCUT2D eigenvalue weighted by molar-refractivity contribution is 9.10. The van der Waals surface area contributed by atoms with Crippen LogP contribution in [0.3, 0.4) is 0 Å². The highest BCUT2D eigenvalue weighted by atomic mass is 79.9. The molecule has 4 aromatic rings. The van der Waals surface area contributed by atoms with Gasteiger partial charge in [-0.3, -0.25) is 14.3 Å². The van der Waals surface area contributed by atoms with Crippen molar-refractivity contribution in [2.75, 3.05) is 44.2 Å². The topological polar surface area (TPSA) is 44.6 Å². The number of hydrogen-bond acceptors (Lipinski definition) is 4. The number of halogens is 4. The third-order valence-corrected chi connectivity index (χ3v) is 8.54. The van der Waals surface area contributed by atoms with Crippen LogP contribution in [0, 0.1) is 5.92 Å². The second kappa shape index (κ2) is 11.5. The summed E-state index contributed by atoms with van der Waals surface area (Å²) < 4.78 is 42.7. The van der Waals surface area contributed by atoms with Crippen LogP contribution in [0.5, 0.6) is 0 Å². The van der Waals surface area contributed by atoms with E-state index >= 15 is 0 Å². The van der Waals surface area contributed by atoms with Crippen molar-refractivity contribution in [3.05, 3.63) is 88.7 Å².